The highest BCUT2D eigenvalue weighted by molar-refractivity contribution is 6.04. The van der Waals surface area contributed by atoms with Gasteiger partial charge in [0.15, 0.2) is 0 Å². The molecule has 0 unspecified atom stereocenters. The quantitative estimate of drug-likeness (QED) is 0.640. The van der Waals surface area contributed by atoms with Crippen LogP contribution in [-0.2, 0) is 10.9 Å². The van der Waals surface area contributed by atoms with Gasteiger partial charge in [0.2, 0.25) is 0 Å². The second-order valence-corrected chi connectivity index (χ2v) is 5.24. The molecule has 0 aliphatic carbocycles. The number of alkyl halides is 3. The average Bonchev–Trinajstić information content (AvgIpc) is 2.57. The Morgan fingerprint density at radius 2 is 1.84 bits per heavy atom. The molecule has 2 aromatic carbocycles. The van der Waals surface area contributed by atoms with Crippen LogP contribution in [0.4, 0.5) is 28.0 Å². The first kappa shape index (κ1) is 16.7. The average molecular weight is 353 g/mol. The fourth-order valence-electron chi connectivity index (χ4n) is 2.38. The van der Waals surface area contributed by atoms with Crippen LogP contribution in [0.1, 0.15) is 11.1 Å². The van der Waals surface area contributed by atoms with E-state index in [0.29, 0.717) is 0 Å². The van der Waals surface area contributed by atoms with Crippen molar-refractivity contribution in [2.24, 2.45) is 5.10 Å². The number of hydrogen-bond donors (Lipinski definition) is 2. The van der Waals surface area contributed by atoms with E-state index < -0.39 is 23.7 Å². The molecular formula is C16H11F4N3O2. The summed E-state index contributed by atoms with van der Waals surface area (Å²) in [6.45, 7) is -0.244. The Morgan fingerprint density at radius 3 is 2.44 bits per heavy atom. The van der Waals surface area contributed by atoms with Gasteiger partial charge < -0.3 is 10.5 Å². The molecule has 1 heterocycles. The number of hydrogen-bond acceptors (Lipinski definition) is 4. The molecule has 5 nitrogen and oxygen atoms in total. The van der Waals surface area contributed by atoms with Gasteiger partial charge in [-0.2, -0.15) is 18.3 Å². The topological polar surface area (TPSA) is 76.7 Å². The lowest BCUT2D eigenvalue weighted by Crippen LogP contribution is -2.30. The molecule has 3 rings (SSSR count). The highest BCUT2D eigenvalue weighted by Gasteiger charge is 2.34. The lowest BCUT2D eigenvalue weighted by atomic mass is 9.95. The Balaban J connectivity index is 2.10. The van der Waals surface area contributed by atoms with Crippen LogP contribution in [0.5, 0.6) is 0 Å². The highest BCUT2D eigenvalue weighted by atomic mass is 19.4. The van der Waals surface area contributed by atoms with Gasteiger partial charge >= 0.3 is 12.3 Å². The van der Waals surface area contributed by atoms with Gasteiger partial charge in [-0.3, -0.25) is 0 Å². The number of nitrogens with one attached hydrogen (secondary N) is 1. The number of halogens is 4. The van der Waals surface area contributed by atoms with Crippen LogP contribution in [0.2, 0.25) is 0 Å². The largest absolute Gasteiger partial charge is 0.442 e. The molecule has 130 valence electrons. The molecule has 0 spiro atoms. The highest BCUT2D eigenvalue weighted by Crippen LogP contribution is 2.38. The number of ether oxygens (including phenoxy) is 1. The number of carbonyl (C=O) groups excluding carboxylic acids is 1. The van der Waals surface area contributed by atoms with Crippen LogP contribution in [0.25, 0.3) is 11.1 Å². The maximum Gasteiger partial charge on any atom is 0.428 e. The number of nitrogens with zero attached hydrogens (tertiary/aromatic N) is 1. The molecule has 0 fully saturated rings. The van der Waals surface area contributed by atoms with Crippen molar-refractivity contribution in [3.63, 3.8) is 0 Å². The van der Waals surface area contributed by atoms with E-state index in [0.717, 1.165) is 18.2 Å². The third-order valence-corrected chi connectivity index (χ3v) is 3.59. The zero-order chi connectivity index (χ0) is 18.2. The molecule has 0 saturated heterocycles. The first-order valence-corrected chi connectivity index (χ1v) is 7.02. The molecule has 3 N–H and O–H groups in total. The summed E-state index contributed by atoms with van der Waals surface area (Å²) in [6.07, 6.45) is -5.44. The summed E-state index contributed by atoms with van der Waals surface area (Å²) < 4.78 is 58.4. The molecule has 0 aromatic heterocycles. The van der Waals surface area contributed by atoms with Crippen LogP contribution in [0.15, 0.2) is 41.5 Å². The smallest absolute Gasteiger partial charge is 0.428 e. The summed E-state index contributed by atoms with van der Waals surface area (Å²) in [7, 11) is 0. The van der Waals surface area contributed by atoms with Crippen molar-refractivity contribution in [2.75, 3.05) is 12.3 Å². The molecule has 0 radical (unpaired) electrons. The number of nitrogen functional groups attached to an aromatic ring is 1. The van der Waals surface area contributed by atoms with E-state index in [9.17, 15) is 22.4 Å². The van der Waals surface area contributed by atoms with E-state index in [4.69, 9.17) is 10.5 Å². The first-order chi connectivity index (χ1) is 11.8. The fourth-order valence-corrected chi connectivity index (χ4v) is 2.38. The Labute approximate surface area is 139 Å². The summed E-state index contributed by atoms with van der Waals surface area (Å²) in [6, 6.07) is 6.91. The SMILES string of the molecule is Nc1cc(-c2ccc(C3=NNC(=O)OC3)cc2C(F)(F)F)ccc1F. The Morgan fingerprint density at radius 1 is 1.12 bits per heavy atom. The number of hydrazone groups is 1. The minimum atomic E-state index is -4.66. The number of cyclic esters (lactones) is 1. The number of amides is 1. The van der Waals surface area contributed by atoms with Crippen LogP contribution in [0, 0.1) is 5.82 Å². The summed E-state index contributed by atoms with van der Waals surface area (Å²) in [5, 5.41) is 3.69. The first-order valence-electron chi connectivity index (χ1n) is 7.02. The van der Waals surface area contributed by atoms with Gasteiger partial charge in [-0.1, -0.05) is 18.2 Å². The van der Waals surface area contributed by atoms with E-state index in [1.165, 1.54) is 18.2 Å². The van der Waals surface area contributed by atoms with E-state index in [2.05, 4.69) is 5.10 Å². The monoisotopic (exact) mass is 353 g/mol. The van der Waals surface area contributed by atoms with Crippen molar-refractivity contribution in [3.8, 4) is 11.1 Å². The third-order valence-electron chi connectivity index (χ3n) is 3.59. The molecule has 9 heteroatoms. The van der Waals surface area contributed by atoms with E-state index in [1.54, 1.807) is 0 Å². The van der Waals surface area contributed by atoms with Gasteiger partial charge in [-0.05, 0) is 29.3 Å². The van der Waals surface area contributed by atoms with Crippen molar-refractivity contribution in [1.29, 1.82) is 0 Å². The predicted octanol–water partition coefficient (Wildman–Crippen LogP) is 3.54. The summed E-state index contributed by atoms with van der Waals surface area (Å²) in [4.78, 5) is 10.9. The molecule has 1 amide bonds. The second-order valence-electron chi connectivity index (χ2n) is 5.24. The van der Waals surface area contributed by atoms with Crippen molar-refractivity contribution in [2.45, 2.75) is 6.18 Å². The number of benzene rings is 2. The van der Waals surface area contributed by atoms with Crippen molar-refractivity contribution >= 4 is 17.5 Å². The fraction of sp³-hybridized carbons (Fsp3) is 0.125. The minimum absolute atomic E-state index is 0.132. The van der Waals surface area contributed by atoms with Crippen molar-refractivity contribution in [3.05, 3.63) is 53.3 Å². The minimum Gasteiger partial charge on any atom is -0.442 e. The number of rotatable bonds is 2. The molecule has 0 atom stereocenters. The van der Waals surface area contributed by atoms with Crippen LogP contribution in [-0.4, -0.2) is 18.4 Å². The molecule has 25 heavy (non-hydrogen) atoms. The van der Waals surface area contributed by atoms with E-state index in [-0.39, 0.29) is 34.7 Å². The van der Waals surface area contributed by atoms with Gasteiger partial charge in [-0.15, -0.1) is 0 Å². The molecule has 0 saturated carbocycles. The number of carbonyl (C=O) groups is 1. The van der Waals surface area contributed by atoms with Gasteiger partial charge in [0, 0.05) is 5.56 Å². The zero-order valence-electron chi connectivity index (χ0n) is 12.5. The van der Waals surface area contributed by atoms with Gasteiger partial charge in [-0.25, -0.2) is 14.6 Å². The normalized spacial score (nSPS) is 14.6. The van der Waals surface area contributed by atoms with Gasteiger partial charge in [0.1, 0.15) is 18.1 Å². The lowest BCUT2D eigenvalue weighted by Gasteiger charge is -2.17. The Kier molecular flexibility index (Phi) is 4.07. The number of nitrogens with two attached hydrogens (primary N) is 1. The Bertz CT molecular complexity index is 878. The third kappa shape index (κ3) is 3.39. The summed E-state index contributed by atoms with van der Waals surface area (Å²) >= 11 is 0. The van der Waals surface area contributed by atoms with Gasteiger partial charge in [0.05, 0.1) is 11.3 Å². The molecular weight excluding hydrogens is 342 g/mol. The molecule has 1 aliphatic rings. The maximum atomic E-state index is 13.5. The standard InChI is InChI=1S/C16H11F4N3O2/c17-12-4-2-8(6-13(12)21)10-3-1-9(5-11(10)16(18,19)20)14-7-25-15(24)23-22-14/h1-6H,7,21H2,(H,23,24). The molecule has 2 aromatic rings. The van der Waals surface area contributed by atoms with E-state index in [1.807, 2.05) is 5.43 Å². The van der Waals surface area contributed by atoms with Crippen LogP contribution in [0.3, 0.4) is 0 Å². The van der Waals surface area contributed by atoms with Gasteiger partial charge in [0.25, 0.3) is 0 Å². The molecule has 0 bridgehead atoms. The Hall–Kier alpha value is -3.10. The summed E-state index contributed by atoms with van der Waals surface area (Å²) in [5.41, 5.74) is 6.58. The molecule has 1 aliphatic heterocycles. The maximum absolute atomic E-state index is 13.5. The number of anilines is 1. The van der Waals surface area contributed by atoms with Crippen molar-refractivity contribution < 1.29 is 27.1 Å². The second kappa shape index (κ2) is 6.08. The van der Waals surface area contributed by atoms with Crippen LogP contribution < -0.4 is 11.2 Å². The predicted molar refractivity (Wildman–Crippen MR) is 82.3 cm³/mol. The van der Waals surface area contributed by atoms with Crippen LogP contribution >= 0.6 is 0 Å². The summed E-state index contributed by atoms with van der Waals surface area (Å²) in [5.74, 6) is -0.710. The van der Waals surface area contributed by atoms with Crippen molar-refractivity contribution in [1.82, 2.24) is 5.43 Å². The van der Waals surface area contributed by atoms with E-state index >= 15 is 0 Å². The lowest BCUT2D eigenvalue weighted by molar-refractivity contribution is -0.137. The zero-order valence-corrected chi connectivity index (χ0v) is 12.5.